The smallest absolute Gasteiger partial charge is 0.234 e. The van der Waals surface area contributed by atoms with Crippen LogP contribution in [0.2, 0.25) is 0 Å². The van der Waals surface area contributed by atoms with Crippen molar-refractivity contribution in [3.05, 3.63) is 40.3 Å². The van der Waals surface area contributed by atoms with Gasteiger partial charge in [0.2, 0.25) is 5.91 Å². The Morgan fingerprint density at radius 1 is 1.30 bits per heavy atom. The molecule has 1 atom stereocenters. The van der Waals surface area contributed by atoms with Crippen LogP contribution in [-0.4, -0.2) is 33.5 Å². The molecule has 8 heteroatoms. The molecule has 0 saturated carbocycles. The van der Waals surface area contributed by atoms with E-state index in [0.717, 1.165) is 38.9 Å². The van der Waals surface area contributed by atoms with E-state index in [-0.39, 0.29) is 11.5 Å². The minimum Gasteiger partial charge on any atom is -0.369 e. The van der Waals surface area contributed by atoms with Crippen molar-refractivity contribution in [1.82, 2.24) is 9.97 Å². The second kappa shape index (κ2) is 8.86. The molecule has 0 bridgehead atoms. The number of anilines is 1. The van der Waals surface area contributed by atoms with Gasteiger partial charge in [-0.3, -0.25) is 4.79 Å². The third-order valence-corrected chi connectivity index (χ3v) is 8.01. The maximum atomic E-state index is 12.5. The first-order chi connectivity index (χ1) is 14.4. The number of hydrogen-bond donors (Lipinski definition) is 1. The van der Waals surface area contributed by atoms with Crippen LogP contribution in [0.15, 0.2) is 34.4 Å². The third kappa shape index (κ3) is 4.51. The van der Waals surface area contributed by atoms with Crippen LogP contribution in [0.1, 0.15) is 36.3 Å². The van der Waals surface area contributed by atoms with E-state index in [9.17, 15) is 4.79 Å². The number of carbonyl (C=O) groups is 1. The van der Waals surface area contributed by atoms with Gasteiger partial charge in [0.1, 0.15) is 9.86 Å². The summed E-state index contributed by atoms with van der Waals surface area (Å²) in [5.74, 6) is 0.270. The summed E-state index contributed by atoms with van der Waals surface area (Å²) in [7, 11) is 0. The van der Waals surface area contributed by atoms with Gasteiger partial charge in [-0.2, -0.15) is 0 Å². The first-order valence-electron chi connectivity index (χ1n) is 9.90. The molecule has 0 saturated heterocycles. The molecular weight excluding hydrogens is 434 g/mol. The predicted molar refractivity (Wildman–Crippen MR) is 127 cm³/mol. The second-order valence-corrected chi connectivity index (χ2v) is 10.5. The number of carbonyl (C=O) groups excluding carboxylic acids is 1. The van der Waals surface area contributed by atoms with Crippen molar-refractivity contribution in [2.24, 2.45) is 0 Å². The van der Waals surface area contributed by atoms with Crippen LogP contribution in [0.25, 0.3) is 10.2 Å². The SMILES string of the molecule is CCC1(C)Cc2c(sc3nc(SC)nc(SCC(=O)Nc4ccc(C)cc4)c23)CO1. The normalized spacial score (nSPS) is 18.4. The van der Waals surface area contributed by atoms with E-state index in [1.54, 1.807) is 11.3 Å². The Morgan fingerprint density at radius 3 is 2.77 bits per heavy atom. The molecule has 2 aromatic heterocycles. The summed E-state index contributed by atoms with van der Waals surface area (Å²) in [4.78, 5) is 24.3. The van der Waals surface area contributed by atoms with Gasteiger partial charge < -0.3 is 10.1 Å². The number of ether oxygens (including phenoxy) is 1. The van der Waals surface area contributed by atoms with Crippen LogP contribution >= 0.6 is 34.9 Å². The van der Waals surface area contributed by atoms with Gasteiger partial charge in [0.05, 0.1) is 18.0 Å². The lowest BCUT2D eigenvalue weighted by atomic mass is 9.90. The van der Waals surface area contributed by atoms with E-state index < -0.39 is 0 Å². The molecule has 5 nitrogen and oxygen atoms in total. The highest BCUT2D eigenvalue weighted by molar-refractivity contribution is 8.00. The number of hydrogen-bond acceptors (Lipinski definition) is 7. The number of thioether (sulfide) groups is 2. The van der Waals surface area contributed by atoms with Crippen LogP contribution in [0.4, 0.5) is 5.69 Å². The Morgan fingerprint density at radius 2 is 2.07 bits per heavy atom. The zero-order valence-corrected chi connectivity index (χ0v) is 20.0. The number of rotatable bonds is 6. The van der Waals surface area contributed by atoms with Crippen LogP contribution in [-0.2, 0) is 22.6 Å². The fraction of sp³-hybridized carbons (Fsp3) is 0.409. The summed E-state index contributed by atoms with van der Waals surface area (Å²) in [6, 6.07) is 7.83. The lowest BCUT2D eigenvalue weighted by molar-refractivity contribution is -0.113. The van der Waals surface area contributed by atoms with E-state index in [4.69, 9.17) is 14.7 Å². The van der Waals surface area contributed by atoms with Crippen molar-refractivity contribution < 1.29 is 9.53 Å². The highest BCUT2D eigenvalue weighted by atomic mass is 32.2. The number of nitrogens with zero attached hydrogens (tertiary/aromatic N) is 2. The Balaban J connectivity index is 1.60. The van der Waals surface area contributed by atoms with E-state index in [1.807, 2.05) is 37.4 Å². The van der Waals surface area contributed by atoms with Crippen LogP contribution in [0.3, 0.4) is 0 Å². The van der Waals surface area contributed by atoms with Gasteiger partial charge in [0.25, 0.3) is 0 Å². The highest BCUT2D eigenvalue weighted by Crippen LogP contribution is 2.43. The molecule has 0 radical (unpaired) electrons. The van der Waals surface area contributed by atoms with E-state index in [1.165, 1.54) is 39.5 Å². The number of benzene rings is 1. The Bertz CT molecular complexity index is 1080. The molecular formula is C22H25N3O2S3. The minimum atomic E-state index is -0.163. The van der Waals surface area contributed by atoms with E-state index >= 15 is 0 Å². The molecule has 0 spiro atoms. The van der Waals surface area contributed by atoms with E-state index in [2.05, 4.69) is 19.2 Å². The molecule has 158 valence electrons. The van der Waals surface area contributed by atoms with Crippen molar-refractivity contribution in [1.29, 1.82) is 0 Å². The minimum absolute atomic E-state index is 0.0351. The fourth-order valence-electron chi connectivity index (χ4n) is 3.41. The number of aromatic nitrogens is 2. The van der Waals surface area contributed by atoms with Crippen molar-refractivity contribution in [2.75, 3.05) is 17.3 Å². The van der Waals surface area contributed by atoms with Gasteiger partial charge in [-0.25, -0.2) is 9.97 Å². The van der Waals surface area contributed by atoms with Gasteiger partial charge in [0.15, 0.2) is 5.16 Å². The largest absolute Gasteiger partial charge is 0.369 e. The van der Waals surface area contributed by atoms with Crippen LogP contribution < -0.4 is 5.32 Å². The molecule has 1 aromatic carbocycles. The summed E-state index contributed by atoms with van der Waals surface area (Å²) in [5.41, 5.74) is 3.11. The number of fused-ring (bicyclic) bond motifs is 3. The zero-order valence-electron chi connectivity index (χ0n) is 17.6. The van der Waals surface area contributed by atoms with E-state index in [0.29, 0.717) is 12.4 Å². The molecule has 1 N–H and O–H groups in total. The summed E-state index contributed by atoms with van der Waals surface area (Å²) < 4.78 is 6.13. The number of nitrogens with one attached hydrogen (secondary N) is 1. The summed E-state index contributed by atoms with van der Waals surface area (Å²) in [6.45, 7) is 6.97. The molecule has 1 aliphatic rings. The molecule has 1 unspecified atom stereocenters. The molecule has 1 aliphatic heterocycles. The molecule has 1 amide bonds. The maximum Gasteiger partial charge on any atom is 0.234 e. The molecule has 3 aromatic rings. The van der Waals surface area contributed by atoms with Gasteiger partial charge in [-0.1, -0.05) is 48.1 Å². The van der Waals surface area contributed by atoms with Gasteiger partial charge >= 0.3 is 0 Å². The van der Waals surface area contributed by atoms with Crippen molar-refractivity contribution in [3.8, 4) is 0 Å². The molecule has 3 heterocycles. The summed E-state index contributed by atoms with van der Waals surface area (Å²) >= 11 is 4.70. The first-order valence-corrected chi connectivity index (χ1v) is 12.9. The zero-order chi connectivity index (χ0) is 21.3. The summed E-state index contributed by atoms with van der Waals surface area (Å²) in [5, 5.41) is 5.70. The number of aryl methyl sites for hydroxylation is 1. The Hall–Kier alpha value is -1.61. The number of amides is 1. The topological polar surface area (TPSA) is 64.1 Å². The van der Waals surface area contributed by atoms with Crippen LogP contribution in [0, 0.1) is 6.92 Å². The van der Waals surface area contributed by atoms with Crippen molar-refractivity contribution in [3.63, 3.8) is 0 Å². The third-order valence-electron chi connectivity index (χ3n) is 5.39. The monoisotopic (exact) mass is 459 g/mol. The Labute approximate surface area is 189 Å². The van der Waals surface area contributed by atoms with Crippen molar-refractivity contribution >= 4 is 56.7 Å². The van der Waals surface area contributed by atoms with Gasteiger partial charge in [0, 0.05) is 22.4 Å². The fourth-order valence-corrected chi connectivity index (χ4v) is 5.91. The van der Waals surface area contributed by atoms with Crippen molar-refractivity contribution in [2.45, 2.75) is 56.0 Å². The molecule has 0 fully saturated rings. The summed E-state index contributed by atoms with van der Waals surface area (Å²) in [6.07, 6.45) is 3.78. The average Bonchev–Trinajstić information content (AvgIpc) is 3.11. The quantitative estimate of drug-likeness (QED) is 0.290. The highest BCUT2D eigenvalue weighted by Gasteiger charge is 2.33. The first kappa shape index (κ1) is 21.6. The second-order valence-electron chi connectivity index (χ2n) is 7.67. The van der Waals surface area contributed by atoms with Crippen LogP contribution in [0.5, 0.6) is 0 Å². The molecule has 30 heavy (non-hydrogen) atoms. The number of thiophene rings is 1. The van der Waals surface area contributed by atoms with Gasteiger partial charge in [-0.05, 0) is 44.2 Å². The average molecular weight is 460 g/mol. The lowest BCUT2D eigenvalue weighted by Gasteiger charge is -2.33. The lowest BCUT2D eigenvalue weighted by Crippen LogP contribution is -2.33. The van der Waals surface area contributed by atoms with Gasteiger partial charge in [-0.15, -0.1) is 11.3 Å². The standard InChI is InChI=1S/C22H25N3O2S3/c1-5-22(3)10-15-16(11-27-22)30-20-18(15)19(24-21(25-20)28-4)29-12-17(26)23-14-8-6-13(2)7-9-14/h6-9H,5,10-12H2,1-4H3,(H,23,26). The molecule has 4 rings (SSSR count). The maximum absolute atomic E-state index is 12.5. The predicted octanol–water partition coefficient (Wildman–Crippen LogP) is 5.69. The Kier molecular flexibility index (Phi) is 6.39. The molecule has 0 aliphatic carbocycles.